The summed E-state index contributed by atoms with van der Waals surface area (Å²) in [6, 6.07) is 19.3. The topological polar surface area (TPSA) is 68.2 Å². The molecule has 1 N–H and O–H groups in total. The van der Waals surface area contributed by atoms with Crippen LogP contribution in [-0.2, 0) is 17.8 Å². The van der Waals surface area contributed by atoms with E-state index in [2.05, 4.69) is 17.4 Å². The molecule has 3 amide bonds. The largest absolute Gasteiger partial charge is 0.333 e. The van der Waals surface area contributed by atoms with Crippen molar-refractivity contribution in [3.05, 3.63) is 71.8 Å². The molecule has 2 atom stereocenters. The first kappa shape index (κ1) is 19.0. The first-order chi connectivity index (χ1) is 14.1. The average molecular weight is 391 g/mol. The van der Waals surface area contributed by atoms with Crippen LogP contribution in [0.15, 0.2) is 65.7 Å². The van der Waals surface area contributed by atoms with Crippen LogP contribution >= 0.6 is 0 Å². The Bertz CT molecular complexity index is 915. The number of nitrogens with one attached hydrogen (secondary N) is 1. The number of urea groups is 1. The van der Waals surface area contributed by atoms with Gasteiger partial charge in [0.2, 0.25) is 0 Å². The van der Waals surface area contributed by atoms with E-state index in [1.807, 2.05) is 53.4 Å². The molecular formula is C22H25N5O2. The highest BCUT2D eigenvalue weighted by Crippen LogP contribution is 2.24. The Labute approximate surface area is 170 Å². The van der Waals surface area contributed by atoms with Crippen LogP contribution in [0.4, 0.5) is 4.79 Å². The van der Waals surface area contributed by atoms with Gasteiger partial charge in [-0.25, -0.2) is 9.79 Å². The van der Waals surface area contributed by atoms with Crippen LogP contribution in [0, 0.1) is 0 Å². The quantitative estimate of drug-likeness (QED) is 0.846. The van der Waals surface area contributed by atoms with Gasteiger partial charge in [-0.05, 0) is 17.5 Å². The highest BCUT2D eigenvalue weighted by Gasteiger charge is 2.51. The molecule has 0 aromatic heterocycles. The number of amides is 3. The van der Waals surface area contributed by atoms with E-state index in [0.29, 0.717) is 19.0 Å². The minimum absolute atomic E-state index is 0.205. The first-order valence-electron chi connectivity index (χ1n) is 9.76. The third kappa shape index (κ3) is 3.68. The van der Waals surface area contributed by atoms with Gasteiger partial charge in [0.15, 0.2) is 12.0 Å². The lowest BCUT2D eigenvalue weighted by Gasteiger charge is -2.39. The smallest absolute Gasteiger partial charge is 0.327 e. The van der Waals surface area contributed by atoms with Gasteiger partial charge in [0.05, 0.1) is 6.54 Å². The maximum Gasteiger partial charge on any atom is 0.327 e. The molecule has 150 valence electrons. The van der Waals surface area contributed by atoms with Crippen LogP contribution < -0.4 is 5.32 Å². The zero-order chi connectivity index (χ0) is 20.4. The van der Waals surface area contributed by atoms with Gasteiger partial charge >= 0.3 is 6.03 Å². The Balaban J connectivity index is 1.61. The lowest BCUT2D eigenvalue weighted by atomic mass is 10.1. The normalized spacial score (nSPS) is 22.8. The zero-order valence-corrected chi connectivity index (χ0v) is 16.7. The number of carbonyl (C=O) groups is 2. The first-order valence-corrected chi connectivity index (χ1v) is 9.76. The summed E-state index contributed by atoms with van der Waals surface area (Å²) in [4.78, 5) is 34.9. The molecule has 2 fully saturated rings. The summed E-state index contributed by atoms with van der Waals surface area (Å²) in [6.07, 6.45) is 0.363. The van der Waals surface area contributed by atoms with E-state index in [4.69, 9.17) is 4.99 Å². The molecule has 2 aromatic rings. The van der Waals surface area contributed by atoms with E-state index < -0.39 is 12.2 Å². The van der Waals surface area contributed by atoms with Gasteiger partial charge in [0.25, 0.3) is 5.91 Å². The lowest BCUT2D eigenvalue weighted by Crippen LogP contribution is -2.65. The lowest BCUT2D eigenvalue weighted by molar-refractivity contribution is -0.136. The fraction of sp³-hybridized carbons (Fsp3) is 0.318. The summed E-state index contributed by atoms with van der Waals surface area (Å²) in [7, 11) is 3.25. The number of hydrogen-bond donors (Lipinski definition) is 1. The molecule has 2 aromatic carbocycles. The molecule has 2 heterocycles. The van der Waals surface area contributed by atoms with Gasteiger partial charge in [-0.15, -0.1) is 0 Å². The van der Waals surface area contributed by atoms with Crippen molar-refractivity contribution in [1.82, 2.24) is 20.0 Å². The summed E-state index contributed by atoms with van der Waals surface area (Å²) in [5.74, 6) is 0.451. The summed E-state index contributed by atoms with van der Waals surface area (Å²) in [5, 5.41) is 3.31. The number of fused-ring (bicyclic) bond motifs is 1. The van der Waals surface area contributed by atoms with E-state index in [9.17, 15) is 9.59 Å². The number of benzene rings is 2. The van der Waals surface area contributed by atoms with Crippen LogP contribution in [-0.4, -0.2) is 65.4 Å². The summed E-state index contributed by atoms with van der Waals surface area (Å²) >= 11 is 0. The Morgan fingerprint density at radius 2 is 1.55 bits per heavy atom. The molecule has 7 nitrogen and oxygen atoms in total. The molecule has 0 spiro atoms. The predicted octanol–water partition coefficient (Wildman–Crippen LogP) is 1.91. The van der Waals surface area contributed by atoms with Gasteiger partial charge in [-0.3, -0.25) is 9.69 Å². The maximum absolute atomic E-state index is 12.9. The monoisotopic (exact) mass is 391 g/mol. The third-order valence-electron chi connectivity index (χ3n) is 5.51. The van der Waals surface area contributed by atoms with E-state index in [1.54, 1.807) is 11.9 Å². The Hall–Kier alpha value is -3.35. The van der Waals surface area contributed by atoms with Gasteiger partial charge in [0, 0.05) is 20.6 Å². The van der Waals surface area contributed by atoms with Crippen molar-refractivity contribution in [2.75, 3.05) is 20.6 Å². The number of hydrogen-bond acceptors (Lipinski definition) is 3. The van der Waals surface area contributed by atoms with Gasteiger partial charge in [-0.1, -0.05) is 60.7 Å². The van der Waals surface area contributed by atoms with E-state index in [-0.39, 0.29) is 11.9 Å². The minimum Gasteiger partial charge on any atom is -0.333 e. The number of likely N-dealkylation sites (N-methyl/N-ethyl adjacent to an activating group) is 2. The Morgan fingerprint density at radius 3 is 2.21 bits per heavy atom. The molecule has 0 bridgehead atoms. The molecule has 0 aliphatic carbocycles. The van der Waals surface area contributed by atoms with Crippen molar-refractivity contribution in [2.45, 2.75) is 25.2 Å². The van der Waals surface area contributed by atoms with Crippen molar-refractivity contribution in [3.8, 4) is 0 Å². The number of nitrogens with zero attached hydrogens (tertiary/aromatic N) is 4. The Morgan fingerprint density at radius 1 is 0.931 bits per heavy atom. The number of imide groups is 1. The van der Waals surface area contributed by atoms with Crippen molar-refractivity contribution >= 4 is 17.9 Å². The number of guanidine groups is 1. The second-order valence-electron chi connectivity index (χ2n) is 7.38. The zero-order valence-electron chi connectivity index (χ0n) is 16.7. The second-order valence-corrected chi connectivity index (χ2v) is 7.38. The van der Waals surface area contributed by atoms with E-state index >= 15 is 0 Å². The van der Waals surface area contributed by atoms with Crippen LogP contribution in [0.2, 0.25) is 0 Å². The summed E-state index contributed by atoms with van der Waals surface area (Å²) in [6.45, 7) is 1.14. The maximum atomic E-state index is 12.9. The van der Waals surface area contributed by atoms with Gasteiger partial charge in [-0.2, -0.15) is 0 Å². The second kappa shape index (κ2) is 7.95. The predicted molar refractivity (Wildman–Crippen MR) is 111 cm³/mol. The molecule has 0 radical (unpaired) electrons. The minimum atomic E-state index is -0.485. The van der Waals surface area contributed by atoms with Gasteiger partial charge in [0.1, 0.15) is 6.17 Å². The van der Waals surface area contributed by atoms with Crippen molar-refractivity contribution < 1.29 is 9.59 Å². The standard InChI is InChI=1S/C22H25N5O2/c1-25-19-18(20(28)26(2)22(25)29)27(14-13-16-9-5-3-6-10-16)21(24-19)23-15-17-11-7-4-8-12-17/h3-12,18-19H,13-15H2,1-2H3,(H,23,24). The Kier molecular flexibility index (Phi) is 5.20. The van der Waals surface area contributed by atoms with Crippen molar-refractivity contribution in [3.63, 3.8) is 0 Å². The molecule has 0 saturated carbocycles. The molecule has 2 saturated heterocycles. The van der Waals surface area contributed by atoms with Gasteiger partial charge < -0.3 is 15.1 Å². The van der Waals surface area contributed by atoms with E-state index in [1.165, 1.54) is 17.5 Å². The van der Waals surface area contributed by atoms with Crippen LogP contribution in [0.25, 0.3) is 0 Å². The molecule has 2 aliphatic heterocycles. The fourth-order valence-electron chi connectivity index (χ4n) is 3.85. The molecule has 2 aliphatic rings. The highest BCUT2D eigenvalue weighted by atomic mass is 16.2. The summed E-state index contributed by atoms with van der Waals surface area (Å²) in [5.41, 5.74) is 2.28. The molecule has 7 heteroatoms. The molecule has 29 heavy (non-hydrogen) atoms. The molecule has 2 unspecified atom stereocenters. The average Bonchev–Trinajstić information content (AvgIpc) is 3.13. The van der Waals surface area contributed by atoms with Crippen LogP contribution in [0.1, 0.15) is 11.1 Å². The third-order valence-corrected chi connectivity index (χ3v) is 5.51. The molecular weight excluding hydrogens is 366 g/mol. The van der Waals surface area contributed by atoms with Crippen molar-refractivity contribution in [1.29, 1.82) is 0 Å². The number of aliphatic imine (C=N–C) groups is 1. The van der Waals surface area contributed by atoms with Crippen molar-refractivity contribution in [2.24, 2.45) is 4.99 Å². The number of rotatable bonds is 5. The SMILES string of the molecule is CN1C(=O)C2C(NC(=NCc3ccccc3)N2CCc2ccccc2)N(C)C1=O. The fourth-order valence-corrected chi connectivity index (χ4v) is 3.85. The van der Waals surface area contributed by atoms with Crippen LogP contribution in [0.3, 0.4) is 0 Å². The number of carbonyl (C=O) groups excluding carboxylic acids is 2. The highest BCUT2D eigenvalue weighted by molar-refractivity contribution is 6.04. The van der Waals surface area contributed by atoms with Crippen LogP contribution in [0.5, 0.6) is 0 Å². The van der Waals surface area contributed by atoms with E-state index in [0.717, 1.165) is 12.0 Å². The molecule has 4 rings (SSSR count). The summed E-state index contributed by atoms with van der Waals surface area (Å²) < 4.78 is 0.